The van der Waals surface area contributed by atoms with E-state index in [0.29, 0.717) is 12.8 Å². The van der Waals surface area contributed by atoms with Gasteiger partial charge >= 0.3 is 0 Å². The lowest BCUT2D eigenvalue weighted by atomic mass is 10.0. The van der Waals surface area contributed by atoms with Crippen LogP contribution in [-0.2, 0) is 0 Å². The number of aliphatic hydroxyl groups excluding tert-OH is 1. The van der Waals surface area contributed by atoms with Crippen molar-refractivity contribution < 1.29 is 5.11 Å². The molecule has 1 rings (SSSR count). The maximum atomic E-state index is 8.82. The van der Waals surface area contributed by atoms with Crippen LogP contribution in [0.25, 0.3) is 0 Å². The molecule has 3 nitrogen and oxygen atoms in total. The van der Waals surface area contributed by atoms with E-state index < -0.39 is 0 Å². The summed E-state index contributed by atoms with van der Waals surface area (Å²) < 4.78 is 0. The van der Waals surface area contributed by atoms with E-state index in [9.17, 15) is 0 Å². The molecule has 0 spiro atoms. The van der Waals surface area contributed by atoms with Gasteiger partial charge in [-0.3, -0.25) is 9.80 Å². The van der Waals surface area contributed by atoms with Gasteiger partial charge in [-0.25, -0.2) is 0 Å². The molecule has 1 aliphatic heterocycles. The Morgan fingerprint density at radius 3 is 1.09 bits per heavy atom. The number of rotatable bonds is 26. The Bertz CT molecular complexity index is 403. The first-order chi connectivity index (χ1) is 16.8. The van der Waals surface area contributed by atoms with Gasteiger partial charge in [0.1, 0.15) is 0 Å². The number of nitrogens with zero attached hydrogens (tertiary/aromatic N) is 2. The van der Waals surface area contributed by atoms with Crippen molar-refractivity contribution in [3.63, 3.8) is 0 Å². The molecular formula is C31H64N2O. The van der Waals surface area contributed by atoms with Gasteiger partial charge in [-0.1, -0.05) is 135 Å². The Morgan fingerprint density at radius 2 is 0.765 bits per heavy atom. The van der Waals surface area contributed by atoms with Crippen molar-refractivity contribution in [2.45, 2.75) is 168 Å². The van der Waals surface area contributed by atoms with Gasteiger partial charge < -0.3 is 5.11 Å². The maximum absolute atomic E-state index is 8.82. The molecule has 0 aliphatic carbocycles. The van der Waals surface area contributed by atoms with Gasteiger partial charge in [0.05, 0.1) is 6.17 Å². The minimum atomic E-state index is 0.367. The van der Waals surface area contributed by atoms with Crippen LogP contribution in [0.2, 0.25) is 0 Å². The molecule has 3 heteroatoms. The number of aliphatic hydroxyl groups is 1. The Morgan fingerprint density at radius 1 is 0.471 bits per heavy atom. The van der Waals surface area contributed by atoms with Gasteiger partial charge in [0.15, 0.2) is 0 Å². The molecule has 1 aliphatic rings. The van der Waals surface area contributed by atoms with Crippen molar-refractivity contribution in [2.24, 2.45) is 0 Å². The minimum Gasteiger partial charge on any atom is -0.396 e. The van der Waals surface area contributed by atoms with Gasteiger partial charge in [0, 0.05) is 19.7 Å². The van der Waals surface area contributed by atoms with E-state index in [1.165, 1.54) is 167 Å². The molecule has 0 aromatic carbocycles. The third-order valence-corrected chi connectivity index (χ3v) is 8.13. The molecule has 1 fully saturated rings. The van der Waals surface area contributed by atoms with Crippen LogP contribution in [0.3, 0.4) is 0 Å². The molecule has 0 bridgehead atoms. The normalized spacial score (nSPS) is 17.2. The van der Waals surface area contributed by atoms with Crippen LogP contribution in [0, 0.1) is 0 Å². The van der Waals surface area contributed by atoms with Gasteiger partial charge in [0.2, 0.25) is 0 Å². The van der Waals surface area contributed by atoms with Gasteiger partial charge in [0.25, 0.3) is 0 Å². The summed E-state index contributed by atoms with van der Waals surface area (Å²) in [6, 6.07) is 0. The van der Waals surface area contributed by atoms with Crippen LogP contribution in [0.15, 0.2) is 0 Å². The highest BCUT2D eigenvalue weighted by molar-refractivity contribution is 4.78. The highest BCUT2D eigenvalue weighted by atomic mass is 16.2. The van der Waals surface area contributed by atoms with Crippen LogP contribution in [0.4, 0.5) is 0 Å². The predicted octanol–water partition coefficient (Wildman–Crippen LogP) is 8.93. The molecule has 0 aromatic heterocycles. The van der Waals surface area contributed by atoms with E-state index in [0.717, 1.165) is 6.42 Å². The lowest BCUT2D eigenvalue weighted by Crippen LogP contribution is -2.37. The van der Waals surface area contributed by atoms with Crippen LogP contribution in [0.5, 0.6) is 0 Å². The maximum Gasteiger partial charge on any atom is 0.0594 e. The standard InChI is InChI=1S/C31H64N2O/c1-3-4-5-6-7-8-9-10-11-12-14-17-20-23-26-32-28-29-33(31(32)2)27-24-21-18-15-13-16-19-22-25-30-34/h31,34H,3-30H2,1-2H3. The first-order valence-corrected chi connectivity index (χ1v) is 15.9. The van der Waals surface area contributed by atoms with Crippen LogP contribution in [-0.4, -0.2) is 53.9 Å². The second kappa shape index (κ2) is 24.6. The smallest absolute Gasteiger partial charge is 0.0594 e. The molecular weight excluding hydrogens is 416 g/mol. The van der Waals surface area contributed by atoms with Crippen LogP contribution < -0.4 is 0 Å². The molecule has 1 heterocycles. The lowest BCUT2D eigenvalue weighted by Gasteiger charge is -2.27. The third-order valence-electron chi connectivity index (χ3n) is 8.13. The highest BCUT2D eigenvalue weighted by Gasteiger charge is 2.26. The lowest BCUT2D eigenvalue weighted by molar-refractivity contribution is 0.149. The zero-order valence-corrected chi connectivity index (χ0v) is 23.7. The van der Waals surface area contributed by atoms with E-state index in [-0.39, 0.29) is 0 Å². The van der Waals surface area contributed by atoms with E-state index in [1.54, 1.807) is 0 Å². The van der Waals surface area contributed by atoms with Crippen molar-refractivity contribution in [1.29, 1.82) is 0 Å². The zero-order valence-electron chi connectivity index (χ0n) is 23.7. The van der Waals surface area contributed by atoms with E-state index in [4.69, 9.17) is 5.11 Å². The fourth-order valence-electron chi connectivity index (χ4n) is 5.63. The van der Waals surface area contributed by atoms with Crippen molar-refractivity contribution in [1.82, 2.24) is 9.80 Å². The molecule has 1 N–H and O–H groups in total. The fourth-order valence-corrected chi connectivity index (χ4v) is 5.63. The molecule has 1 unspecified atom stereocenters. The average Bonchev–Trinajstić information content (AvgIpc) is 3.19. The molecule has 1 saturated heterocycles. The van der Waals surface area contributed by atoms with Crippen LogP contribution in [0.1, 0.15) is 162 Å². The van der Waals surface area contributed by atoms with Crippen molar-refractivity contribution in [3.8, 4) is 0 Å². The SMILES string of the molecule is CCCCCCCCCCCCCCCCN1CCN(CCCCCCCCCCCO)C1C. The second-order valence-corrected chi connectivity index (χ2v) is 11.2. The largest absolute Gasteiger partial charge is 0.396 e. The highest BCUT2D eigenvalue weighted by Crippen LogP contribution is 2.18. The second-order valence-electron chi connectivity index (χ2n) is 11.2. The zero-order chi connectivity index (χ0) is 24.5. The van der Waals surface area contributed by atoms with E-state index >= 15 is 0 Å². The first-order valence-electron chi connectivity index (χ1n) is 15.9. The fraction of sp³-hybridized carbons (Fsp3) is 1.00. The summed E-state index contributed by atoms with van der Waals surface area (Å²) in [7, 11) is 0. The summed E-state index contributed by atoms with van der Waals surface area (Å²) in [5.41, 5.74) is 0. The number of hydrogen-bond donors (Lipinski definition) is 1. The van der Waals surface area contributed by atoms with Gasteiger partial charge in [-0.05, 0) is 39.3 Å². The monoisotopic (exact) mass is 481 g/mol. The van der Waals surface area contributed by atoms with E-state index in [2.05, 4.69) is 23.6 Å². The molecule has 34 heavy (non-hydrogen) atoms. The first kappa shape index (κ1) is 31.9. The molecule has 0 radical (unpaired) electrons. The molecule has 204 valence electrons. The summed E-state index contributed by atoms with van der Waals surface area (Å²) in [5.74, 6) is 0. The number of unbranched alkanes of at least 4 members (excludes halogenated alkanes) is 21. The summed E-state index contributed by atoms with van der Waals surface area (Å²) in [6.07, 6.45) is 32.8. The van der Waals surface area contributed by atoms with Crippen LogP contribution >= 0.6 is 0 Å². The average molecular weight is 481 g/mol. The quantitative estimate of drug-likeness (QED) is 0.125. The van der Waals surface area contributed by atoms with Crippen molar-refractivity contribution >= 4 is 0 Å². The van der Waals surface area contributed by atoms with Gasteiger partial charge in [-0.15, -0.1) is 0 Å². The Hall–Kier alpha value is -0.120. The number of hydrogen-bond acceptors (Lipinski definition) is 3. The Balaban J connectivity index is 1.84. The molecule has 1 atom stereocenters. The molecule has 0 aromatic rings. The third kappa shape index (κ3) is 18.2. The Labute approximate surface area is 215 Å². The molecule has 0 amide bonds. The van der Waals surface area contributed by atoms with Crippen molar-refractivity contribution in [2.75, 3.05) is 32.8 Å². The van der Waals surface area contributed by atoms with Crippen molar-refractivity contribution in [3.05, 3.63) is 0 Å². The van der Waals surface area contributed by atoms with Gasteiger partial charge in [-0.2, -0.15) is 0 Å². The topological polar surface area (TPSA) is 26.7 Å². The summed E-state index contributed by atoms with van der Waals surface area (Å²) in [4.78, 5) is 5.45. The summed E-state index contributed by atoms with van der Waals surface area (Å²) >= 11 is 0. The Kier molecular flexibility index (Phi) is 23.1. The summed E-state index contributed by atoms with van der Waals surface area (Å²) in [6.45, 7) is 10.3. The predicted molar refractivity (Wildman–Crippen MR) is 152 cm³/mol. The van der Waals surface area contributed by atoms with E-state index in [1.807, 2.05) is 0 Å². The molecule has 0 saturated carbocycles. The minimum absolute atomic E-state index is 0.367. The summed E-state index contributed by atoms with van der Waals surface area (Å²) in [5, 5.41) is 8.82.